The molecule has 2 aliphatic carbocycles. The summed E-state index contributed by atoms with van der Waals surface area (Å²) in [4.78, 5) is 36.8. The van der Waals surface area contributed by atoms with Crippen LogP contribution in [0.5, 0.6) is 0 Å². The lowest BCUT2D eigenvalue weighted by atomic mass is 9.72. The zero-order valence-corrected chi connectivity index (χ0v) is 17.5. The minimum Gasteiger partial charge on any atom is -0.457 e. The normalized spacial score (nSPS) is 26.3. The summed E-state index contributed by atoms with van der Waals surface area (Å²) in [7, 11) is 0. The molecule has 2 aliphatic heterocycles. The van der Waals surface area contributed by atoms with Crippen molar-refractivity contribution in [1.82, 2.24) is 0 Å². The fourth-order valence-electron chi connectivity index (χ4n) is 6.51. The van der Waals surface area contributed by atoms with Crippen LogP contribution in [0.2, 0.25) is 0 Å². The van der Waals surface area contributed by atoms with Crippen LogP contribution < -0.4 is 0 Å². The summed E-state index contributed by atoms with van der Waals surface area (Å²) in [6, 6.07) is 7.90. The van der Waals surface area contributed by atoms with E-state index in [1.807, 2.05) is 18.2 Å². The monoisotopic (exact) mass is 402 g/mol. The van der Waals surface area contributed by atoms with E-state index in [0.717, 1.165) is 35.1 Å². The number of cyclic esters (lactones) is 3. The Balaban J connectivity index is 1.67. The fourth-order valence-corrected chi connectivity index (χ4v) is 6.51. The number of hydrogen-bond donors (Lipinski definition) is 0. The third kappa shape index (κ3) is 1.96. The summed E-state index contributed by atoms with van der Waals surface area (Å²) >= 11 is 0. The van der Waals surface area contributed by atoms with E-state index in [2.05, 4.69) is 33.8 Å². The largest absolute Gasteiger partial charge is 0.457 e. The first-order valence-corrected chi connectivity index (χ1v) is 10.3. The van der Waals surface area contributed by atoms with Crippen molar-refractivity contribution in [3.8, 4) is 0 Å². The Kier molecular flexibility index (Phi) is 2.99. The molecule has 6 rings (SSSR count). The zero-order chi connectivity index (χ0) is 21.2. The summed E-state index contributed by atoms with van der Waals surface area (Å²) in [6.07, 6.45) is 1.73. The molecule has 0 saturated heterocycles. The molecule has 2 aromatic carbocycles. The number of carbonyl (C=O) groups excluding carboxylic acids is 3. The van der Waals surface area contributed by atoms with Crippen LogP contribution >= 0.6 is 0 Å². The third-order valence-corrected chi connectivity index (χ3v) is 7.58. The molecule has 0 N–H and O–H groups in total. The number of carbonyl (C=O) groups is 3. The van der Waals surface area contributed by atoms with Crippen molar-refractivity contribution in [1.29, 1.82) is 0 Å². The highest BCUT2D eigenvalue weighted by Gasteiger charge is 2.57. The Morgan fingerprint density at radius 3 is 1.77 bits per heavy atom. The quantitative estimate of drug-likeness (QED) is 0.485. The van der Waals surface area contributed by atoms with Gasteiger partial charge in [-0.25, -0.2) is 14.4 Å². The van der Waals surface area contributed by atoms with E-state index < -0.39 is 11.9 Å². The average Bonchev–Trinajstić information content (AvgIpc) is 3.30. The fraction of sp³-hybridized carbons (Fsp3) is 0.400. The second-order valence-corrected chi connectivity index (χ2v) is 10.5. The summed E-state index contributed by atoms with van der Waals surface area (Å²) in [5, 5.41) is 0. The number of fused-ring (bicyclic) bond motifs is 6. The number of ether oxygens (including phenoxy) is 2. The van der Waals surface area contributed by atoms with Gasteiger partial charge in [-0.1, -0.05) is 33.8 Å². The van der Waals surface area contributed by atoms with Gasteiger partial charge in [0.05, 0.1) is 16.7 Å². The van der Waals surface area contributed by atoms with Crippen molar-refractivity contribution < 1.29 is 23.9 Å². The van der Waals surface area contributed by atoms with Crippen LogP contribution in [-0.2, 0) is 32.3 Å². The molecule has 0 fully saturated rings. The lowest BCUT2D eigenvalue weighted by molar-refractivity contribution is 0.0442. The topological polar surface area (TPSA) is 69.7 Å². The molecule has 30 heavy (non-hydrogen) atoms. The third-order valence-electron chi connectivity index (χ3n) is 7.58. The molecule has 0 amide bonds. The van der Waals surface area contributed by atoms with E-state index in [9.17, 15) is 14.4 Å². The molecule has 0 saturated carbocycles. The zero-order valence-electron chi connectivity index (χ0n) is 17.5. The van der Waals surface area contributed by atoms with Crippen LogP contribution in [-0.4, -0.2) is 17.9 Å². The molecule has 1 unspecified atom stereocenters. The first-order chi connectivity index (χ1) is 14.0. The van der Waals surface area contributed by atoms with Gasteiger partial charge >= 0.3 is 17.9 Å². The predicted octanol–water partition coefficient (Wildman–Crippen LogP) is 4.32. The van der Waals surface area contributed by atoms with Crippen LogP contribution in [0.1, 0.15) is 99.4 Å². The standard InChI is InChI=1S/C25H22O5/c1-23(2)10-25(18-6-13-12(5-16(18)23)9-29-20(13)26)11-24(3,4)17-7-14-15(8-19(17)25)22(28)30-21(14)27/h5-8H,9-11H2,1-4H3. The van der Waals surface area contributed by atoms with Crippen LogP contribution in [0.4, 0.5) is 0 Å². The molecule has 2 heterocycles. The highest BCUT2D eigenvalue weighted by Crippen LogP contribution is 2.63. The van der Waals surface area contributed by atoms with Gasteiger partial charge in [-0.15, -0.1) is 0 Å². The van der Waals surface area contributed by atoms with Gasteiger partial charge in [-0.2, -0.15) is 0 Å². The van der Waals surface area contributed by atoms with E-state index in [0.29, 0.717) is 23.3 Å². The van der Waals surface area contributed by atoms with Crippen molar-refractivity contribution in [3.05, 3.63) is 68.8 Å². The van der Waals surface area contributed by atoms with Crippen molar-refractivity contribution in [2.24, 2.45) is 0 Å². The number of rotatable bonds is 0. The van der Waals surface area contributed by atoms with Crippen LogP contribution in [0.25, 0.3) is 0 Å². The molecule has 4 aliphatic rings. The Morgan fingerprint density at radius 1 is 0.667 bits per heavy atom. The number of esters is 3. The van der Waals surface area contributed by atoms with Crippen LogP contribution in [0, 0.1) is 0 Å². The van der Waals surface area contributed by atoms with Gasteiger partial charge in [-0.3, -0.25) is 0 Å². The highest BCUT2D eigenvalue weighted by atomic mass is 16.6. The molecule has 1 atom stereocenters. The van der Waals surface area contributed by atoms with Crippen molar-refractivity contribution in [3.63, 3.8) is 0 Å². The van der Waals surface area contributed by atoms with E-state index in [1.54, 1.807) is 0 Å². The van der Waals surface area contributed by atoms with Gasteiger partial charge < -0.3 is 9.47 Å². The van der Waals surface area contributed by atoms with Crippen molar-refractivity contribution in [2.75, 3.05) is 0 Å². The lowest BCUT2D eigenvalue weighted by Crippen LogP contribution is -2.27. The van der Waals surface area contributed by atoms with Gasteiger partial charge in [0.2, 0.25) is 0 Å². The van der Waals surface area contributed by atoms with E-state index >= 15 is 0 Å². The van der Waals surface area contributed by atoms with E-state index in [1.165, 1.54) is 5.56 Å². The smallest absolute Gasteiger partial charge is 0.346 e. The van der Waals surface area contributed by atoms with Gasteiger partial charge in [-0.05, 0) is 64.1 Å². The number of benzene rings is 2. The Hall–Kier alpha value is -2.95. The molecule has 5 heteroatoms. The summed E-state index contributed by atoms with van der Waals surface area (Å²) < 4.78 is 10.2. The van der Waals surface area contributed by atoms with Crippen molar-refractivity contribution in [2.45, 2.75) is 63.4 Å². The van der Waals surface area contributed by atoms with Crippen LogP contribution in [0.15, 0.2) is 24.3 Å². The predicted molar refractivity (Wildman–Crippen MR) is 108 cm³/mol. The minimum atomic E-state index is -0.576. The molecule has 2 aromatic rings. The van der Waals surface area contributed by atoms with E-state index in [4.69, 9.17) is 9.47 Å². The maximum Gasteiger partial charge on any atom is 0.346 e. The maximum atomic E-state index is 12.3. The summed E-state index contributed by atoms with van der Waals surface area (Å²) in [6.45, 7) is 9.17. The van der Waals surface area contributed by atoms with Gasteiger partial charge in [0, 0.05) is 11.0 Å². The number of hydrogen-bond acceptors (Lipinski definition) is 5. The maximum absolute atomic E-state index is 12.3. The van der Waals surface area contributed by atoms with E-state index in [-0.39, 0.29) is 22.2 Å². The van der Waals surface area contributed by atoms with Crippen molar-refractivity contribution >= 4 is 17.9 Å². The van der Waals surface area contributed by atoms with Gasteiger partial charge in [0.25, 0.3) is 0 Å². The average molecular weight is 402 g/mol. The summed E-state index contributed by atoms with van der Waals surface area (Å²) in [5.41, 5.74) is 6.25. The Labute approximate surface area is 174 Å². The minimum absolute atomic E-state index is 0.0942. The SMILES string of the molecule is CC1(C)CC2(CC(C)(C)c3cc4c(cc32)C(=O)OC4=O)c2cc3c(cc21)COC3=O. The van der Waals surface area contributed by atoms with Crippen LogP contribution in [0.3, 0.4) is 0 Å². The molecule has 0 radical (unpaired) electrons. The summed E-state index contributed by atoms with van der Waals surface area (Å²) in [5.74, 6) is -1.41. The molecule has 1 spiro atoms. The molecule has 5 nitrogen and oxygen atoms in total. The Bertz CT molecular complexity index is 1230. The molecular weight excluding hydrogens is 380 g/mol. The van der Waals surface area contributed by atoms with Gasteiger partial charge in [0.15, 0.2) is 0 Å². The first kappa shape index (κ1) is 17.9. The second kappa shape index (κ2) is 5.02. The molecule has 0 aromatic heterocycles. The highest BCUT2D eigenvalue weighted by molar-refractivity contribution is 6.15. The lowest BCUT2D eigenvalue weighted by Gasteiger charge is -2.30. The van der Waals surface area contributed by atoms with Gasteiger partial charge in [0.1, 0.15) is 6.61 Å². The molecular formula is C25H22O5. The molecule has 0 bridgehead atoms. The Morgan fingerprint density at radius 2 is 1.17 bits per heavy atom. The second-order valence-electron chi connectivity index (χ2n) is 10.5. The first-order valence-electron chi connectivity index (χ1n) is 10.3. The molecule has 152 valence electrons.